The van der Waals surface area contributed by atoms with E-state index in [4.69, 9.17) is 16.3 Å². The highest BCUT2D eigenvalue weighted by atomic mass is 35.5. The monoisotopic (exact) mass is 588 g/mol. The Morgan fingerprint density at radius 1 is 1.15 bits per heavy atom. The van der Waals surface area contributed by atoms with Crippen LogP contribution in [-0.4, -0.2) is 71.9 Å². The molecule has 0 radical (unpaired) electrons. The Hall–Kier alpha value is -3.44. The van der Waals surface area contributed by atoms with Gasteiger partial charge in [-0.3, -0.25) is 4.79 Å². The molecule has 1 N–H and O–H groups in total. The molecule has 2 aromatic heterocycles. The molecule has 0 aliphatic carbocycles. The molecule has 4 heterocycles. The maximum atomic E-state index is 13.9. The first kappa shape index (κ1) is 29.1. The molecule has 0 bridgehead atoms. The Labute approximate surface area is 241 Å². The lowest BCUT2D eigenvalue weighted by Crippen LogP contribution is -2.54. The molecule has 3 aromatic rings. The number of halogens is 4. The fourth-order valence-electron chi connectivity index (χ4n) is 5.61. The van der Waals surface area contributed by atoms with Crippen LogP contribution in [0.4, 0.5) is 18.9 Å². The van der Waals surface area contributed by atoms with E-state index < -0.39 is 17.2 Å². The third-order valence-corrected chi connectivity index (χ3v) is 8.18. The Bertz CT molecular complexity index is 1380. The molecular formula is C29H32ClF3N6O2. The number of benzene rings is 1. The fourth-order valence-corrected chi connectivity index (χ4v) is 5.91. The second kappa shape index (κ2) is 11.8. The zero-order valence-corrected chi connectivity index (χ0v) is 23.7. The molecule has 1 atom stereocenters. The van der Waals surface area contributed by atoms with Gasteiger partial charge in [-0.25, -0.2) is 4.98 Å². The minimum absolute atomic E-state index is 0.0245. The van der Waals surface area contributed by atoms with Crippen LogP contribution in [-0.2, 0) is 16.4 Å². The molecule has 2 fully saturated rings. The Kier molecular flexibility index (Phi) is 8.37. The van der Waals surface area contributed by atoms with Crippen molar-refractivity contribution in [3.8, 4) is 17.1 Å². The Morgan fingerprint density at radius 2 is 1.93 bits per heavy atom. The van der Waals surface area contributed by atoms with Gasteiger partial charge in [0.25, 0.3) is 0 Å². The van der Waals surface area contributed by atoms with E-state index in [1.807, 2.05) is 37.1 Å². The number of carbonyl (C=O) groups is 1. The topological polar surface area (TPSA) is 83.5 Å². The average Bonchev–Trinajstić information content (AvgIpc) is 3.37. The van der Waals surface area contributed by atoms with Crippen LogP contribution < -0.4 is 15.0 Å². The highest BCUT2D eigenvalue weighted by Gasteiger charge is 2.46. The number of nitrogens with zero attached hydrogens (tertiary/aromatic N) is 5. The number of anilines is 1. The normalized spacial score (nSPS) is 19.3. The quantitative estimate of drug-likeness (QED) is 0.417. The van der Waals surface area contributed by atoms with Crippen LogP contribution in [0.25, 0.3) is 11.3 Å². The smallest absolute Gasteiger partial charge is 0.416 e. The van der Waals surface area contributed by atoms with Crippen molar-refractivity contribution in [2.75, 3.05) is 44.7 Å². The van der Waals surface area contributed by atoms with E-state index in [9.17, 15) is 18.0 Å². The number of rotatable bonds is 7. The van der Waals surface area contributed by atoms with Crippen molar-refractivity contribution in [3.63, 3.8) is 0 Å². The molecule has 8 nitrogen and oxygen atoms in total. The molecule has 0 spiro atoms. The minimum atomic E-state index is -4.48. The predicted octanol–water partition coefficient (Wildman–Crippen LogP) is 4.97. The second-order valence-electron chi connectivity index (χ2n) is 10.5. The van der Waals surface area contributed by atoms with Crippen molar-refractivity contribution < 1.29 is 22.7 Å². The number of aromatic nitrogens is 3. The lowest BCUT2D eigenvalue weighted by atomic mass is 9.74. The van der Waals surface area contributed by atoms with Crippen molar-refractivity contribution >= 4 is 23.2 Å². The molecular weight excluding hydrogens is 557 g/mol. The average molecular weight is 589 g/mol. The molecule has 2 aliphatic heterocycles. The van der Waals surface area contributed by atoms with Gasteiger partial charge in [0.1, 0.15) is 0 Å². The molecule has 0 saturated carbocycles. The zero-order valence-electron chi connectivity index (χ0n) is 22.9. The number of hydrogen-bond donors (Lipinski definition) is 1. The summed E-state index contributed by atoms with van der Waals surface area (Å²) < 4.78 is 45.1. The number of nitrogens with one attached hydrogen (secondary N) is 1. The van der Waals surface area contributed by atoms with Crippen LogP contribution in [0, 0.1) is 0 Å². The first-order valence-corrected chi connectivity index (χ1v) is 14.0. The molecule has 218 valence electrons. The number of piperidine rings is 1. The number of likely N-dealkylation sites (tertiary alicyclic amines) is 1. The fraction of sp³-hybridized carbons (Fsp3) is 0.448. The Morgan fingerprint density at radius 3 is 2.54 bits per heavy atom. The van der Waals surface area contributed by atoms with Gasteiger partial charge in [0, 0.05) is 31.9 Å². The third-order valence-electron chi connectivity index (χ3n) is 7.88. The first-order valence-electron chi connectivity index (χ1n) is 13.6. The molecule has 2 aliphatic rings. The summed E-state index contributed by atoms with van der Waals surface area (Å²) in [5.74, 6) is 0.339. The molecule has 1 amide bonds. The first-order chi connectivity index (χ1) is 19.6. The third kappa shape index (κ3) is 6.11. The van der Waals surface area contributed by atoms with Crippen molar-refractivity contribution in [2.24, 2.45) is 0 Å². The van der Waals surface area contributed by atoms with E-state index in [-0.39, 0.29) is 17.0 Å². The van der Waals surface area contributed by atoms with Gasteiger partial charge < -0.3 is 19.9 Å². The molecule has 0 unspecified atom stereocenters. The van der Waals surface area contributed by atoms with Crippen molar-refractivity contribution in [1.29, 1.82) is 0 Å². The largest absolute Gasteiger partial charge is 0.477 e. The SMILES string of the molecule is CCOc1ncccc1-c1ccc(C2(C(=O)N[C@H]3CCN(C)C3)CCN(c3ccc(C(F)(F)F)cc3Cl)CC2)nn1. The number of pyridine rings is 1. The number of amides is 1. The minimum Gasteiger partial charge on any atom is -0.477 e. The molecule has 2 saturated heterocycles. The van der Waals surface area contributed by atoms with Gasteiger partial charge in [-0.2, -0.15) is 23.4 Å². The van der Waals surface area contributed by atoms with Crippen LogP contribution in [0.15, 0.2) is 48.7 Å². The number of likely N-dealkylation sites (N-methyl/N-ethyl adjacent to an activating group) is 1. The van der Waals surface area contributed by atoms with Crippen LogP contribution in [0.3, 0.4) is 0 Å². The van der Waals surface area contributed by atoms with Crippen LogP contribution >= 0.6 is 11.6 Å². The zero-order chi connectivity index (χ0) is 29.2. The molecule has 12 heteroatoms. The van der Waals surface area contributed by atoms with Gasteiger partial charge >= 0.3 is 6.18 Å². The van der Waals surface area contributed by atoms with Gasteiger partial charge in [-0.05, 0) is 82.2 Å². The number of hydrogen-bond acceptors (Lipinski definition) is 7. The maximum absolute atomic E-state index is 13.9. The summed E-state index contributed by atoms with van der Waals surface area (Å²) in [4.78, 5) is 22.3. The second-order valence-corrected chi connectivity index (χ2v) is 11.0. The van der Waals surface area contributed by atoms with Crippen LogP contribution in [0.5, 0.6) is 5.88 Å². The van der Waals surface area contributed by atoms with Gasteiger partial charge in [-0.15, -0.1) is 0 Å². The predicted molar refractivity (Wildman–Crippen MR) is 150 cm³/mol. The number of ether oxygens (including phenoxy) is 1. The lowest BCUT2D eigenvalue weighted by molar-refractivity contribution is -0.137. The maximum Gasteiger partial charge on any atom is 0.416 e. The van der Waals surface area contributed by atoms with Gasteiger partial charge in [0.15, 0.2) is 0 Å². The number of carbonyl (C=O) groups excluding carboxylic acids is 1. The molecule has 5 rings (SSSR count). The molecule has 1 aromatic carbocycles. The summed E-state index contributed by atoms with van der Waals surface area (Å²) >= 11 is 6.29. The van der Waals surface area contributed by atoms with Crippen molar-refractivity contribution in [3.05, 3.63) is 64.9 Å². The van der Waals surface area contributed by atoms with E-state index in [1.165, 1.54) is 6.07 Å². The van der Waals surface area contributed by atoms with Crippen molar-refractivity contribution in [1.82, 2.24) is 25.4 Å². The van der Waals surface area contributed by atoms with Gasteiger partial charge in [0.2, 0.25) is 11.8 Å². The highest BCUT2D eigenvalue weighted by Crippen LogP contribution is 2.40. The summed E-state index contributed by atoms with van der Waals surface area (Å²) in [6.45, 7) is 4.81. The standard InChI is InChI=1S/C29H32ClF3N6O2/c1-3-41-26-21(5-4-13-34-26)23-7-9-25(37-36-23)28(27(40)35-20-10-14-38(2)18-20)11-15-39(16-12-28)24-8-6-19(17-22(24)30)29(31,32)33/h4-9,13,17,20H,3,10-12,14-16,18H2,1-2H3,(H,35,40)/t20-/m0/s1. The van der Waals surface area contributed by atoms with Gasteiger partial charge in [-0.1, -0.05) is 11.6 Å². The Balaban J connectivity index is 1.42. The van der Waals surface area contributed by atoms with E-state index in [2.05, 4.69) is 25.4 Å². The van der Waals surface area contributed by atoms with Crippen LogP contribution in [0.2, 0.25) is 5.02 Å². The summed E-state index contributed by atoms with van der Waals surface area (Å²) in [6, 6.07) is 10.7. The van der Waals surface area contributed by atoms with E-state index in [0.717, 1.165) is 31.6 Å². The van der Waals surface area contributed by atoms with Crippen molar-refractivity contribution in [2.45, 2.75) is 43.8 Å². The summed E-state index contributed by atoms with van der Waals surface area (Å²) in [6.07, 6.45) is -1.19. The van der Waals surface area contributed by atoms with Gasteiger partial charge in [0.05, 0.1) is 45.2 Å². The van der Waals surface area contributed by atoms with E-state index in [0.29, 0.717) is 61.1 Å². The summed E-state index contributed by atoms with van der Waals surface area (Å²) in [5.41, 5.74) is 0.576. The molecule has 41 heavy (non-hydrogen) atoms. The summed E-state index contributed by atoms with van der Waals surface area (Å²) in [7, 11) is 2.02. The number of alkyl halides is 3. The van der Waals surface area contributed by atoms with E-state index in [1.54, 1.807) is 12.3 Å². The highest BCUT2D eigenvalue weighted by molar-refractivity contribution is 6.33. The summed E-state index contributed by atoms with van der Waals surface area (Å²) in [5, 5.41) is 12.3. The lowest BCUT2D eigenvalue weighted by Gasteiger charge is -2.41. The van der Waals surface area contributed by atoms with Crippen LogP contribution in [0.1, 0.15) is 37.4 Å². The van der Waals surface area contributed by atoms with E-state index >= 15 is 0 Å².